The van der Waals surface area contributed by atoms with E-state index in [4.69, 9.17) is 19.3 Å². The molecule has 1 atom stereocenters. The summed E-state index contributed by atoms with van der Waals surface area (Å²) in [5.74, 6) is -0.893. The molecule has 0 aliphatic rings. The van der Waals surface area contributed by atoms with Gasteiger partial charge in [-0.2, -0.15) is 0 Å². The molecule has 0 aliphatic carbocycles. The van der Waals surface area contributed by atoms with Crippen LogP contribution in [0.2, 0.25) is 0 Å². The van der Waals surface area contributed by atoms with E-state index in [0.717, 1.165) is 44.9 Å². The van der Waals surface area contributed by atoms with Crippen LogP contribution in [0.1, 0.15) is 136 Å². The zero-order chi connectivity index (χ0) is 26.2. The maximum atomic E-state index is 12.1. The summed E-state index contributed by atoms with van der Waals surface area (Å²) in [6.45, 7) is 3.56. The number of unbranched alkanes of at least 4 members (excludes halogenated alkanes) is 15. The quantitative estimate of drug-likeness (QED) is 0.0747. The molecule has 0 bridgehead atoms. The minimum absolute atomic E-state index is 0.214. The lowest BCUT2D eigenvalue weighted by atomic mass is 10.1. The molecule has 0 amide bonds. The Morgan fingerprint density at radius 2 is 1.03 bits per heavy atom. The third-order valence-electron chi connectivity index (χ3n) is 5.88. The predicted octanol–water partition coefficient (Wildman–Crippen LogP) is 7.00. The molecule has 0 saturated heterocycles. The Bertz CT molecular complexity index is 564. The molecule has 9 heteroatoms. The number of carbonyl (C=O) groups excluding carboxylic acids is 2. The first-order chi connectivity index (χ1) is 16.8. The summed E-state index contributed by atoms with van der Waals surface area (Å²) in [4.78, 5) is 42.0. The van der Waals surface area contributed by atoms with Crippen molar-refractivity contribution in [2.75, 3.05) is 13.2 Å². The van der Waals surface area contributed by atoms with E-state index in [1.807, 2.05) is 0 Å². The molecule has 0 aromatic heterocycles. The van der Waals surface area contributed by atoms with E-state index >= 15 is 0 Å². The lowest BCUT2D eigenvalue weighted by Crippen LogP contribution is -2.29. The highest BCUT2D eigenvalue weighted by atomic mass is 31.2. The fourth-order valence-electron chi connectivity index (χ4n) is 3.78. The van der Waals surface area contributed by atoms with Crippen LogP contribution in [0.3, 0.4) is 0 Å². The van der Waals surface area contributed by atoms with E-state index in [2.05, 4.69) is 18.4 Å². The number of rotatable bonds is 25. The van der Waals surface area contributed by atoms with E-state index in [0.29, 0.717) is 6.42 Å². The van der Waals surface area contributed by atoms with Crippen LogP contribution in [-0.2, 0) is 28.2 Å². The molecule has 2 N–H and O–H groups in total. The highest BCUT2D eigenvalue weighted by Crippen LogP contribution is 2.35. The molecule has 0 rings (SSSR count). The first-order valence-electron chi connectivity index (χ1n) is 13.8. The summed E-state index contributed by atoms with van der Waals surface area (Å²) >= 11 is 0. The molecule has 0 fully saturated rings. The lowest BCUT2D eigenvalue weighted by molar-refractivity contribution is -0.161. The molecule has 8 nitrogen and oxygen atoms in total. The molecule has 35 heavy (non-hydrogen) atoms. The van der Waals surface area contributed by atoms with Crippen LogP contribution in [0.15, 0.2) is 0 Å². The number of phosphoric acid groups is 1. The van der Waals surface area contributed by atoms with Crippen molar-refractivity contribution in [3.05, 3.63) is 0 Å². The van der Waals surface area contributed by atoms with Crippen LogP contribution >= 0.6 is 7.82 Å². The largest absolute Gasteiger partial charge is 0.469 e. The Morgan fingerprint density at radius 1 is 0.629 bits per heavy atom. The summed E-state index contributed by atoms with van der Waals surface area (Å²) < 4.78 is 25.9. The normalized spacial score (nSPS) is 12.5. The van der Waals surface area contributed by atoms with Crippen LogP contribution in [-0.4, -0.2) is 41.0 Å². The zero-order valence-electron chi connectivity index (χ0n) is 22.2. The van der Waals surface area contributed by atoms with Gasteiger partial charge in [-0.25, -0.2) is 4.57 Å². The van der Waals surface area contributed by atoms with Crippen molar-refractivity contribution in [3.8, 4) is 0 Å². The van der Waals surface area contributed by atoms with Gasteiger partial charge in [0.25, 0.3) is 0 Å². The van der Waals surface area contributed by atoms with E-state index in [-0.39, 0.29) is 19.4 Å². The molecule has 0 heterocycles. The van der Waals surface area contributed by atoms with Gasteiger partial charge >= 0.3 is 19.8 Å². The zero-order valence-corrected chi connectivity index (χ0v) is 23.1. The minimum atomic E-state index is -4.72. The minimum Gasteiger partial charge on any atom is -0.462 e. The predicted molar refractivity (Wildman–Crippen MR) is 138 cm³/mol. The molecule has 0 aromatic carbocycles. The Balaban J connectivity index is 4.04. The lowest BCUT2D eigenvalue weighted by Gasteiger charge is -2.18. The Hall–Kier alpha value is -0.950. The smallest absolute Gasteiger partial charge is 0.462 e. The molecule has 0 unspecified atom stereocenters. The maximum absolute atomic E-state index is 12.1. The second-order valence-electron chi connectivity index (χ2n) is 9.38. The van der Waals surface area contributed by atoms with E-state index in [1.165, 1.54) is 57.8 Å². The number of phosphoric ester groups is 1. The molecular formula is C26H51O8P. The Labute approximate surface area is 213 Å². The second kappa shape index (κ2) is 23.4. The molecule has 0 saturated carbocycles. The van der Waals surface area contributed by atoms with Crippen LogP contribution in [0.4, 0.5) is 0 Å². The van der Waals surface area contributed by atoms with Crippen molar-refractivity contribution in [2.24, 2.45) is 0 Å². The van der Waals surface area contributed by atoms with Crippen LogP contribution in [0.5, 0.6) is 0 Å². The highest BCUT2D eigenvalue weighted by Gasteiger charge is 2.22. The highest BCUT2D eigenvalue weighted by molar-refractivity contribution is 7.46. The summed E-state index contributed by atoms with van der Waals surface area (Å²) in [7, 11) is -4.72. The SMILES string of the molecule is CCCCCCCCCCCCCC(=O)OC[C@H](COP(=O)(O)O)OC(=O)CCCCCCCC. The van der Waals surface area contributed by atoms with Gasteiger partial charge in [-0.3, -0.25) is 14.1 Å². The number of hydrogen-bond acceptors (Lipinski definition) is 6. The van der Waals surface area contributed by atoms with Gasteiger partial charge in [-0.05, 0) is 12.8 Å². The number of hydrogen-bond donors (Lipinski definition) is 2. The van der Waals surface area contributed by atoms with E-state index in [1.54, 1.807) is 0 Å². The monoisotopic (exact) mass is 522 g/mol. The summed E-state index contributed by atoms with van der Waals surface area (Å²) in [5.41, 5.74) is 0. The standard InChI is InChI=1S/C26H51O8P/c1-3-5-7-9-11-12-13-14-15-17-18-20-25(27)32-22-24(23-33-35(29,30)31)34-26(28)21-19-16-10-8-6-4-2/h24H,3-23H2,1-2H3,(H2,29,30,31)/t24-/m1/s1. The maximum Gasteiger partial charge on any atom is 0.469 e. The average Bonchev–Trinajstić information content (AvgIpc) is 2.81. The van der Waals surface area contributed by atoms with Gasteiger partial charge in [0.05, 0.1) is 6.61 Å². The summed E-state index contributed by atoms with van der Waals surface area (Å²) in [5, 5.41) is 0. The van der Waals surface area contributed by atoms with Crippen molar-refractivity contribution >= 4 is 19.8 Å². The number of ether oxygens (including phenoxy) is 2. The fraction of sp³-hybridized carbons (Fsp3) is 0.923. The third kappa shape index (κ3) is 25.9. The third-order valence-corrected chi connectivity index (χ3v) is 6.36. The molecule has 0 spiro atoms. The van der Waals surface area contributed by atoms with Gasteiger partial charge in [-0.1, -0.05) is 110 Å². The van der Waals surface area contributed by atoms with E-state index in [9.17, 15) is 14.2 Å². The molecule has 0 aromatic rings. The molecular weight excluding hydrogens is 471 g/mol. The van der Waals surface area contributed by atoms with Crippen LogP contribution < -0.4 is 0 Å². The molecule has 0 aliphatic heterocycles. The van der Waals surface area contributed by atoms with Crippen molar-refractivity contribution in [3.63, 3.8) is 0 Å². The Morgan fingerprint density at radius 3 is 1.46 bits per heavy atom. The van der Waals surface area contributed by atoms with Crippen LogP contribution in [0, 0.1) is 0 Å². The number of esters is 2. The van der Waals surface area contributed by atoms with Gasteiger partial charge in [0.1, 0.15) is 6.61 Å². The first kappa shape index (κ1) is 34.0. The van der Waals surface area contributed by atoms with E-state index < -0.39 is 32.5 Å². The van der Waals surface area contributed by atoms with Gasteiger partial charge in [0.15, 0.2) is 6.10 Å². The second-order valence-corrected chi connectivity index (χ2v) is 10.6. The first-order valence-corrected chi connectivity index (χ1v) is 15.4. The fourth-order valence-corrected chi connectivity index (χ4v) is 4.14. The van der Waals surface area contributed by atoms with Gasteiger partial charge < -0.3 is 19.3 Å². The van der Waals surface area contributed by atoms with Crippen molar-refractivity contribution in [1.29, 1.82) is 0 Å². The number of carbonyl (C=O) groups is 2. The van der Waals surface area contributed by atoms with Crippen molar-refractivity contribution in [2.45, 2.75) is 142 Å². The van der Waals surface area contributed by atoms with Crippen LogP contribution in [0.25, 0.3) is 0 Å². The van der Waals surface area contributed by atoms with Gasteiger partial charge in [-0.15, -0.1) is 0 Å². The van der Waals surface area contributed by atoms with Crippen molar-refractivity contribution in [1.82, 2.24) is 0 Å². The topological polar surface area (TPSA) is 119 Å². The molecule has 208 valence electrons. The van der Waals surface area contributed by atoms with Gasteiger partial charge in [0, 0.05) is 12.8 Å². The van der Waals surface area contributed by atoms with Gasteiger partial charge in [0.2, 0.25) is 0 Å². The summed E-state index contributed by atoms with van der Waals surface area (Å²) in [6, 6.07) is 0. The molecule has 0 radical (unpaired) electrons. The summed E-state index contributed by atoms with van der Waals surface area (Å²) in [6.07, 6.45) is 18.6. The average molecular weight is 523 g/mol. The van der Waals surface area contributed by atoms with Crippen molar-refractivity contribution < 1.29 is 37.9 Å². The Kier molecular flexibility index (Phi) is 22.8.